The molecule has 0 radical (unpaired) electrons. The zero-order valence-corrected chi connectivity index (χ0v) is 11.7. The number of azide groups is 1. The number of carbonyl (C=O) groups excluding carboxylic acids is 1. The van der Waals surface area contributed by atoms with Gasteiger partial charge in [-0.3, -0.25) is 4.79 Å². The quantitative estimate of drug-likeness (QED) is 0.360. The number of rotatable bonds is 5. The van der Waals surface area contributed by atoms with Gasteiger partial charge in [-0.15, -0.1) is 0 Å². The highest BCUT2D eigenvalue weighted by Crippen LogP contribution is 2.31. The van der Waals surface area contributed by atoms with E-state index in [2.05, 4.69) is 10.0 Å². The maximum Gasteiger partial charge on any atom is 0.319 e. The summed E-state index contributed by atoms with van der Waals surface area (Å²) in [6.45, 7) is 1.89. The van der Waals surface area contributed by atoms with Crippen molar-refractivity contribution in [2.45, 2.75) is 19.1 Å². The zero-order valence-electron chi connectivity index (χ0n) is 11.7. The van der Waals surface area contributed by atoms with Crippen LogP contribution in [-0.2, 0) is 9.53 Å². The second kappa shape index (κ2) is 6.67. The first-order valence-electron chi connectivity index (χ1n) is 6.43. The highest BCUT2D eigenvalue weighted by molar-refractivity contribution is 5.78. The summed E-state index contributed by atoms with van der Waals surface area (Å²) in [5, 5.41) is 3.48. The second-order valence-corrected chi connectivity index (χ2v) is 4.25. The van der Waals surface area contributed by atoms with Gasteiger partial charge < -0.3 is 14.2 Å². The van der Waals surface area contributed by atoms with Gasteiger partial charge in [0.15, 0.2) is 6.04 Å². The summed E-state index contributed by atoms with van der Waals surface area (Å²) in [5.74, 6) is 0.583. The van der Waals surface area contributed by atoms with Crippen molar-refractivity contribution in [3.05, 3.63) is 40.3 Å². The average molecular weight is 289 g/mol. The van der Waals surface area contributed by atoms with E-state index in [1.165, 1.54) is 0 Å². The number of nitrogens with zero attached hydrogens (tertiary/aromatic N) is 3. The maximum absolute atomic E-state index is 11.8. The van der Waals surface area contributed by atoms with E-state index in [9.17, 15) is 4.79 Å². The lowest BCUT2D eigenvalue weighted by atomic mass is 10.1. The van der Waals surface area contributed by atoms with E-state index in [-0.39, 0.29) is 6.61 Å². The Hall–Kier alpha value is -2.66. The van der Waals surface area contributed by atoms with Crippen LogP contribution in [0.4, 0.5) is 0 Å². The molecule has 2 rings (SSSR count). The Labute approximate surface area is 121 Å². The predicted octanol–water partition coefficient (Wildman–Crippen LogP) is 2.71. The van der Waals surface area contributed by atoms with Crippen LogP contribution in [0.3, 0.4) is 0 Å². The average Bonchev–Trinajstić information content (AvgIpc) is 2.51. The van der Waals surface area contributed by atoms with E-state index < -0.39 is 18.1 Å². The van der Waals surface area contributed by atoms with Crippen molar-refractivity contribution in [2.24, 2.45) is 5.11 Å². The molecule has 0 N–H and O–H groups in total. The Morgan fingerprint density at radius 1 is 1.57 bits per heavy atom. The van der Waals surface area contributed by atoms with Gasteiger partial charge >= 0.3 is 5.97 Å². The lowest BCUT2D eigenvalue weighted by Gasteiger charge is -2.25. The highest BCUT2D eigenvalue weighted by Gasteiger charge is 2.31. The van der Waals surface area contributed by atoms with Gasteiger partial charge in [0, 0.05) is 16.5 Å². The SMILES string of the molecule is CCOC(=O)C(N=[N+]=[N-])C1C=Cc2ccc(OC)cc2O1. The molecule has 0 bridgehead atoms. The smallest absolute Gasteiger partial charge is 0.319 e. The van der Waals surface area contributed by atoms with E-state index >= 15 is 0 Å². The molecule has 0 aliphatic carbocycles. The van der Waals surface area contributed by atoms with Crippen molar-refractivity contribution < 1.29 is 19.0 Å². The molecule has 0 amide bonds. The zero-order chi connectivity index (χ0) is 15.2. The molecule has 1 aliphatic rings. The maximum atomic E-state index is 11.8. The Bertz CT molecular complexity index is 608. The Balaban J connectivity index is 2.25. The van der Waals surface area contributed by atoms with Crippen molar-refractivity contribution >= 4 is 12.0 Å². The topological polar surface area (TPSA) is 93.5 Å². The molecule has 21 heavy (non-hydrogen) atoms. The minimum atomic E-state index is -1.06. The van der Waals surface area contributed by atoms with Gasteiger partial charge in [-0.05, 0) is 30.7 Å². The van der Waals surface area contributed by atoms with E-state index in [1.807, 2.05) is 18.2 Å². The summed E-state index contributed by atoms with van der Waals surface area (Å²) in [7, 11) is 1.55. The molecule has 2 atom stereocenters. The van der Waals surface area contributed by atoms with Crippen LogP contribution in [0.15, 0.2) is 29.4 Å². The van der Waals surface area contributed by atoms with Crippen molar-refractivity contribution in [1.82, 2.24) is 0 Å². The molecular formula is C14H15N3O4. The van der Waals surface area contributed by atoms with Crippen LogP contribution in [0.1, 0.15) is 12.5 Å². The summed E-state index contributed by atoms with van der Waals surface area (Å²) in [4.78, 5) is 14.5. The Kier molecular flexibility index (Phi) is 4.68. The molecule has 0 spiro atoms. The van der Waals surface area contributed by atoms with Crippen molar-refractivity contribution in [1.29, 1.82) is 0 Å². The van der Waals surface area contributed by atoms with E-state index in [1.54, 1.807) is 26.2 Å². The molecule has 7 heteroatoms. The standard InChI is InChI=1S/C14H15N3O4/c1-3-20-14(18)13(16-17-15)11-7-5-9-4-6-10(19-2)8-12(9)21-11/h4-8,11,13H,3H2,1-2H3. The molecular weight excluding hydrogens is 274 g/mol. The molecule has 1 aliphatic heterocycles. The van der Waals surface area contributed by atoms with Gasteiger partial charge in [0.2, 0.25) is 0 Å². The van der Waals surface area contributed by atoms with Crippen LogP contribution < -0.4 is 9.47 Å². The van der Waals surface area contributed by atoms with E-state index in [4.69, 9.17) is 19.7 Å². The molecule has 1 heterocycles. The van der Waals surface area contributed by atoms with Gasteiger partial charge in [-0.25, -0.2) is 0 Å². The first-order chi connectivity index (χ1) is 10.2. The van der Waals surface area contributed by atoms with Gasteiger partial charge in [-0.2, -0.15) is 0 Å². The number of carbonyl (C=O) groups is 1. The van der Waals surface area contributed by atoms with Crippen LogP contribution in [0.25, 0.3) is 16.5 Å². The van der Waals surface area contributed by atoms with Crippen LogP contribution in [-0.4, -0.2) is 31.8 Å². The lowest BCUT2D eigenvalue weighted by Crippen LogP contribution is -2.37. The predicted molar refractivity (Wildman–Crippen MR) is 76.0 cm³/mol. The van der Waals surface area contributed by atoms with E-state index in [0.29, 0.717) is 11.5 Å². The first kappa shape index (κ1) is 14.7. The highest BCUT2D eigenvalue weighted by atomic mass is 16.5. The number of benzene rings is 1. The molecule has 1 aromatic carbocycles. The largest absolute Gasteiger partial charge is 0.497 e. The molecule has 7 nitrogen and oxygen atoms in total. The third kappa shape index (κ3) is 3.27. The number of hydrogen-bond donors (Lipinski definition) is 0. The fourth-order valence-electron chi connectivity index (χ4n) is 1.97. The fourth-order valence-corrected chi connectivity index (χ4v) is 1.97. The third-order valence-corrected chi connectivity index (χ3v) is 2.96. The number of ether oxygens (including phenoxy) is 3. The summed E-state index contributed by atoms with van der Waals surface area (Å²) in [5.41, 5.74) is 9.47. The van der Waals surface area contributed by atoms with Gasteiger partial charge in [0.25, 0.3) is 0 Å². The van der Waals surface area contributed by atoms with Gasteiger partial charge in [-0.1, -0.05) is 11.2 Å². The lowest BCUT2D eigenvalue weighted by molar-refractivity contribution is -0.146. The summed E-state index contributed by atoms with van der Waals surface area (Å²) < 4.78 is 15.8. The number of methoxy groups -OCH3 is 1. The van der Waals surface area contributed by atoms with Gasteiger partial charge in [0.1, 0.15) is 17.6 Å². The molecule has 0 saturated heterocycles. The van der Waals surface area contributed by atoms with Crippen molar-refractivity contribution in [3.8, 4) is 11.5 Å². The molecule has 0 saturated carbocycles. The van der Waals surface area contributed by atoms with Crippen LogP contribution in [0.2, 0.25) is 0 Å². The first-order valence-corrected chi connectivity index (χ1v) is 6.43. The fraction of sp³-hybridized carbons (Fsp3) is 0.357. The van der Waals surface area contributed by atoms with Crippen molar-refractivity contribution in [2.75, 3.05) is 13.7 Å². The normalized spacial score (nSPS) is 17.0. The summed E-state index contributed by atoms with van der Waals surface area (Å²) >= 11 is 0. The Morgan fingerprint density at radius 2 is 2.38 bits per heavy atom. The molecule has 0 fully saturated rings. The monoisotopic (exact) mass is 289 g/mol. The number of hydrogen-bond acceptors (Lipinski definition) is 5. The molecule has 110 valence electrons. The van der Waals surface area contributed by atoms with Gasteiger partial charge in [0.05, 0.1) is 13.7 Å². The number of fused-ring (bicyclic) bond motifs is 1. The molecule has 1 aromatic rings. The van der Waals surface area contributed by atoms with E-state index in [0.717, 1.165) is 5.56 Å². The van der Waals surface area contributed by atoms with Crippen LogP contribution >= 0.6 is 0 Å². The Morgan fingerprint density at radius 3 is 3.05 bits per heavy atom. The minimum absolute atomic E-state index is 0.205. The summed E-state index contributed by atoms with van der Waals surface area (Å²) in [6.07, 6.45) is 2.77. The molecule has 0 aromatic heterocycles. The second-order valence-electron chi connectivity index (χ2n) is 4.25. The van der Waals surface area contributed by atoms with Crippen LogP contribution in [0, 0.1) is 0 Å². The molecule has 2 unspecified atom stereocenters. The minimum Gasteiger partial charge on any atom is -0.497 e. The van der Waals surface area contributed by atoms with Crippen LogP contribution in [0.5, 0.6) is 11.5 Å². The van der Waals surface area contributed by atoms with Crippen molar-refractivity contribution in [3.63, 3.8) is 0 Å². The number of esters is 1. The third-order valence-electron chi connectivity index (χ3n) is 2.96. The summed E-state index contributed by atoms with van der Waals surface area (Å²) in [6, 6.07) is 4.30.